The molecular weight excluding hydrogens is 296 g/mol. The molecule has 0 aliphatic heterocycles. The van der Waals surface area contributed by atoms with Crippen molar-refractivity contribution in [3.8, 4) is 11.4 Å². The van der Waals surface area contributed by atoms with Crippen molar-refractivity contribution in [3.63, 3.8) is 0 Å². The number of benzene rings is 2. The Bertz CT molecular complexity index is 867. The predicted molar refractivity (Wildman–Crippen MR) is 86.1 cm³/mol. The molecule has 0 unspecified atom stereocenters. The molecule has 2 aromatic carbocycles. The summed E-state index contributed by atoms with van der Waals surface area (Å²) in [6.45, 7) is 2.08. The van der Waals surface area contributed by atoms with Gasteiger partial charge in [0.2, 0.25) is 0 Å². The van der Waals surface area contributed by atoms with Gasteiger partial charge in [-0.2, -0.15) is 0 Å². The van der Waals surface area contributed by atoms with Gasteiger partial charge < -0.3 is 0 Å². The van der Waals surface area contributed by atoms with E-state index in [0.717, 1.165) is 12.0 Å². The van der Waals surface area contributed by atoms with E-state index in [0.29, 0.717) is 5.82 Å². The van der Waals surface area contributed by atoms with Crippen molar-refractivity contribution in [2.45, 2.75) is 18.2 Å². The van der Waals surface area contributed by atoms with Crippen molar-refractivity contribution in [3.05, 3.63) is 72.6 Å². The van der Waals surface area contributed by atoms with Crippen LogP contribution < -0.4 is 0 Å². The first-order chi connectivity index (χ1) is 10.6. The van der Waals surface area contributed by atoms with Crippen molar-refractivity contribution >= 4 is 10.0 Å². The number of rotatable bonds is 4. The summed E-state index contributed by atoms with van der Waals surface area (Å²) in [5, 5.41) is 0. The molecule has 4 nitrogen and oxygen atoms in total. The molecule has 1 aromatic heterocycles. The van der Waals surface area contributed by atoms with Crippen molar-refractivity contribution in [2.24, 2.45) is 0 Å². The summed E-state index contributed by atoms with van der Waals surface area (Å²) in [6, 6.07) is 16.2. The number of aromatic nitrogens is 2. The first kappa shape index (κ1) is 14.5. The minimum atomic E-state index is -3.64. The van der Waals surface area contributed by atoms with Crippen LogP contribution in [0.4, 0.5) is 0 Å². The van der Waals surface area contributed by atoms with Crippen LogP contribution in [0.25, 0.3) is 11.4 Å². The van der Waals surface area contributed by atoms with E-state index in [9.17, 15) is 8.42 Å². The smallest absolute Gasteiger partial charge is 0.236 e. The Labute approximate surface area is 130 Å². The van der Waals surface area contributed by atoms with Crippen LogP contribution in [0.15, 0.2) is 71.9 Å². The van der Waals surface area contributed by atoms with Crippen LogP contribution >= 0.6 is 0 Å². The van der Waals surface area contributed by atoms with Gasteiger partial charge in [-0.1, -0.05) is 49.4 Å². The zero-order valence-corrected chi connectivity index (χ0v) is 13.0. The second kappa shape index (κ2) is 5.77. The molecule has 112 valence electrons. The molecular formula is C17H16N2O2S. The summed E-state index contributed by atoms with van der Waals surface area (Å²) in [5.74, 6) is 0.423. The molecule has 0 N–H and O–H groups in total. The Morgan fingerprint density at radius 3 is 2.32 bits per heavy atom. The third-order valence-electron chi connectivity index (χ3n) is 3.53. The van der Waals surface area contributed by atoms with Crippen molar-refractivity contribution < 1.29 is 8.42 Å². The Hall–Kier alpha value is -2.40. The maximum Gasteiger partial charge on any atom is 0.269 e. The van der Waals surface area contributed by atoms with Gasteiger partial charge in [-0.3, -0.25) is 0 Å². The van der Waals surface area contributed by atoms with Gasteiger partial charge in [-0.15, -0.1) is 0 Å². The van der Waals surface area contributed by atoms with Crippen LogP contribution in [-0.4, -0.2) is 17.4 Å². The molecule has 3 aromatic rings. The molecule has 22 heavy (non-hydrogen) atoms. The van der Waals surface area contributed by atoms with Gasteiger partial charge in [-0.05, 0) is 24.1 Å². The van der Waals surface area contributed by atoms with Gasteiger partial charge in [-0.25, -0.2) is 17.4 Å². The Kier molecular flexibility index (Phi) is 3.81. The standard InChI is InChI=1S/C17H16N2O2S/c1-2-14-8-10-15(11-9-14)17-18-12-13-19(17)22(20,21)16-6-4-3-5-7-16/h3-13H,2H2,1H3. The van der Waals surface area contributed by atoms with Gasteiger partial charge >= 0.3 is 0 Å². The SMILES string of the molecule is CCc1ccc(-c2nccn2S(=O)(=O)c2ccccc2)cc1. The van der Waals surface area contributed by atoms with E-state index < -0.39 is 10.0 Å². The second-order valence-corrected chi connectivity index (χ2v) is 6.73. The number of hydrogen-bond acceptors (Lipinski definition) is 3. The molecule has 0 spiro atoms. The number of hydrogen-bond donors (Lipinski definition) is 0. The number of aryl methyl sites for hydroxylation is 1. The van der Waals surface area contributed by atoms with Gasteiger partial charge in [0.1, 0.15) is 0 Å². The molecule has 5 heteroatoms. The van der Waals surface area contributed by atoms with E-state index in [2.05, 4.69) is 11.9 Å². The third-order valence-corrected chi connectivity index (χ3v) is 5.21. The molecule has 0 aliphatic carbocycles. The normalized spacial score (nSPS) is 11.5. The summed E-state index contributed by atoms with van der Waals surface area (Å²) in [6.07, 6.45) is 3.92. The van der Waals surface area contributed by atoms with Crippen molar-refractivity contribution in [2.75, 3.05) is 0 Å². The maximum absolute atomic E-state index is 12.7. The molecule has 1 heterocycles. The second-order valence-electron chi connectivity index (χ2n) is 4.92. The van der Waals surface area contributed by atoms with Crippen LogP contribution in [0.1, 0.15) is 12.5 Å². The molecule has 0 atom stereocenters. The zero-order chi connectivity index (χ0) is 15.6. The largest absolute Gasteiger partial charge is 0.269 e. The highest BCUT2D eigenvalue weighted by Crippen LogP contribution is 2.23. The number of nitrogens with zero attached hydrogens (tertiary/aromatic N) is 2. The third kappa shape index (κ3) is 2.55. The fourth-order valence-corrected chi connectivity index (χ4v) is 3.61. The molecule has 0 saturated carbocycles. The summed E-state index contributed by atoms with van der Waals surface area (Å²) >= 11 is 0. The van der Waals surface area contributed by atoms with E-state index in [-0.39, 0.29) is 4.90 Å². The van der Waals surface area contributed by atoms with Crippen LogP contribution in [0.3, 0.4) is 0 Å². The van der Waals surface area contributed by atoms with Crippen molar-refractivity contribution in [1.82, 2.24) is 8.96 Å². The lowest BCUT2D eigenvalue weighted by atomic mass is 10.1. The van der Waals surface area contributed by atoms with Gasteiger partial charge in [0.15, 0.2) is 5.82 Å². The average molecular weight is 312 g/mol. The minimum absolute atomic E-state index is 0.249. The first-order valence-electron chi connectivity index (χ1n) is 7.06. The van der Waals surface area contributed by atoms with Gasteiger partial charge in [0.25, 0.3) is 10.0 Å². The topological polar surface area (TPSA) is 52.0 Å². The molecule has 0 fully saturated rings. The molecule has 0 bridgehead atoms. The van der Waals surface area contributed by atoms with E-state index in [1.165, 1.54) is 21.9 Å². The highest BCUT2D eigenvalue weighted by atomic mass is 32.2. The molecule has 0 radical (unpaired) electrons. The molecule has 0 saturated heterocycles. The minimum Gasteiger partial charge on any atom is -0.236 e. The summed E-state index contributed by atoms with van der Waals surface area (Å²) in [4.78, 5) is 4.47. The van der Waals surface area contributed by atoms with E-state index in [4.69, 9.17) is 0 Å². The number of imidazole rings is 1. The highest BCUT2D eigenvalue weighted by molar-refractivity contribution is 7.90. The van der Waals surface area contributed by atoms with Crippen LogP contribution in [-0.2, 0) is 16.4 Å². The average Bonchev–Trinajstić information content (AvgIpc) is 3.06. The lowest BCUT2D eigenvalue weighted by molar-refractivity contribution is 0.588. The summed E-state index contributed by atoms with van der Waals surface area (Å²) in [7, 11) is -3.64. The lowest BCUT2D eigenvalue weighted by Crippen LogP contribution is -2.13. The van der Waals surface area contributed by atoms with Gasteiger partial charge in [0, 0.05) is 18.0 Å². The molecule has 0 aliphatic rings. The Morgan fingerprint density at radius 1 is 1.00 bits per heavy atom. The fourth-order valence-electron chi connectivity index (χ4n) is 2.28. The predicted octanol–water partition coefficient (Wildman–Crippen LogP) is 3.35. The fraction of sp³-hybridized carbons (Fsp3) is 0.118. The Balaban J connectivity index is 2.09. The van der Waals surface area contributed by atoms with E-state index >= 15 is 0 Å². The monoisotopic (exact) mass is 312 g/mol. The maximum atomic E-state index is 12.7. The molecule has 0 amide bonds. The lowest BCUT2D eigenvalue weighted by Gasteiger charge is -2.09. The molecule has 3 rings (SSSR count). The zero-order valence-electron chi connectivity index (χ0n) is 12.2. The van der Waals surface area contributed by atoms with Gasteiger partial charge in [0.05, 0.1) is 4.90 Å². The highest BCUT2D eigenvalue weighted by Gasteiger charge is 2.20. The van der Waals surface area contributed by atoms with Crippen LogP contribution in [0, 0.1) is 0 Å². The first-order valence-corrected chi connectivity index (χ1v) is 8.50. The summed E-state index contributed by atoms with van der Waals surface area (Å²) in [5.41, 5.74) is 1.98. The van der Waals surface area contributed by atoms with E-state index in [1.807, 2.05) is 24.3 Å². The van der Waals surface area contributed by atoms with Crippen LogP contribution in [0.2, 0.25) is 0 Å². The van der Waals surface area contributed by atoms with Crippen molar-refractivity contribution in [1.29, 1.82) is 0 Å². The van der Waals surface area contributed by atoms with E-state index in [1.54, 1.807) is 30.3 Å². The Morgan fingerprint density at radius 2 is 1.68 bits per heavy atom. The van der Waals surface area contributed by atoms with Crippen LogP contribution in [0.5, 0.6) is 0 Å². The summed E-state index contributed by atoms with van der Waals surface area (Å²) < 4.78 is 26.7. The quantitative estimate of drug-likeness (QED) is 0.742.